The number of benzene rings is 1. The normalized spacial score (nSPS) is 26.7. The molecule has 2 aliphatic rings. The highest BCUT2D eigenvalue weighted by atomic mass is 79.9. The van der Waals surface area contributed by atoms with Crippen molar-refractivity contribution in [3.63, 3.8) is 0 Å². The summed E-state index contributed by atoms with van der Waals surface area (Å²) in [7, 11) is 0. The zero-order valence-electron chi connectivity index (χ0n) is 11.4. The van der Waals surface area contributed by atoms with E-state index in [0.717, 1.165) is 24.7 Å². The molecule has 1 N–H and O–H groups in total. The van der Waals surface area contributed by atoms with Crippen LogP contribution in [0.4, 0.5) is 11.4 Å². The molecule has 2 atom stereocenters. The minimum Gasteiger partial charge on any atom is -0.381 e. The van der Waals surface area contributed by atoms with Crippen molar-refractivity contribution in [2.75, 3.05) is 11.9 Å². The Morgan fingerprint density at radius 1 is 1.45 bits per heavy atom. The fourth-order valence-electron chi connectivity index (χ4n) is 3.05. The first-order chi connectivity index (χ1) is 9.54. The molecule has 2 fully saturated rings. The minimum atomic E-state index is -0.358. The third-order valence-corrected chi connectivity index (χ3v) is 4.82. The average molecular weight is 340 g/mol. The molecule has 1 aromatic rings. The largest absolute Gasteiger partial charge is 0.381 e. The predicted molar refractivity (Wildman–Crippen MR) is 82.0 cm³/mol. The Bertz CT molecular complexity index is 533. The van der Waals surface area contributed by atoms with E-state index in [9.17, 15) is 10.1 Å². The first-order valence-electron chi connectivity index (χ1n) is 7.01. The van der Waals surface area contributed by atoms with Crippen molar-refractivity contribution in [2.45, 2.75) is 44.3 Å². The Kier molecular flexibility index (Phi) is 3.69. The van der Waals surface area contributed by atoms with Gasteiger partial charge in [0.1, 0.15) is 0 Å². The van der Waals surface area contributed by atoms with E-state index in [1.165, 1.54) is 12.8 Å². The molecule has 6 heteroatoms. The molecular weight excluding hydrogens is 322 g/mol. The smallest absolute Gasteiger partial charge is 0.285 e. The molecule has 1 aliphatic carbocycles. The number of nitrogens with one attached hydrogen (secondary N) is 1. The lowest BCUT2D eigenvalue weighted by atomic mass is 10.2. The number of anilines is 1. The van der Waals surface area contributed by atoms with E-state index in [1.807, 2.05) is 6.07 Å². The topological polar surface area (TPSA) is 58.4 Å². The molecule has 5 nitrogen and oxygen atoms in total. The van der Waals surface area contributed by atoms with Gasteiger partial charge in [-0.25, -0.2) is 0 Å². The summed E-state index contributed by atoms with van der Waals surface area (Å²) in [4.78, 5) is 13.2. The van der Waals surface area contributed by atoms with Crippen molar-refractivity contribution < 1.29 is 4.92 Å². The lowest BCUT2D eigenvalue weighted by molar-refractivity contribution is -0.385. The maximum atomic E-state index is 11.0. The summed E-state index contributed by atoms with van der Waals surface area (Å²) in [5.41, 5.74) is 0.940. The monoisotopic (exact) mass is 339 g/mol. The molecule has 1 aromatic carbocycles. The number of likely N-dealkylation sites (tertiary alicyclic amines) is 1. The second-order valence-corrected chi connectivity index (χ2v) is 6.63. The molecule has 1 saturated carbocycles. The van der Waals surface area contributed by atoms with E-state index < -0.39 is 0 Å². The van der Waals surface area contributed by atoms with Crippen molar-refractivity contribution in [1.29, 1.82) is 0 Å². The summed E-state index contributed by atoms with van der Waals surface area (Å²) >= 11 is 3.21. The van der Waals surface area contributed by atoms with Gasteiger partial charge in [0, 0.05) is 36.4 Å². The first-order valence-corrected chi connectivity index (χ1v) is 7.80. The molecule has 1 aliphatic heterocycles. The molecule has 108 valence electrons. The maximum Gasteiger partial charge on any atom is 0.285 e. The van der Waals surface area contributed by atoms with Gasteiger partial charge in [-0.15, -0.1) is 0 Å². The highest BCUT2D eigenvalue weighted by molar-refractivity contribution is 9.10. The Morgan fingerprint density at radius 2 is 2.20 bits per heavy atom. The molecule has 3 rings (SSSR count). The molecule has 0 bridgehead atoms. The van der Waals surface area contributed by atoms with Crippen LogP contribution in [0.15, 0.2) is 22.7 Å². The van der Waals surface area contributed by atoms with E-state index in [0.29, 0.717) is 16.6 Å². The van der Waals surface area contributed by atoms with Gasteiger partial charge in [-0.1, -0.05) is 0 Å². The van der Waals surface area contributed by atoms with Gasteiger partial charge in [0.05, 0.1) is 9.40 Å². The Labute approximate surface area is 126 Å². The fraction of sp³-hybridized carbons (Fsp3) is 0.571. The summed E-state index contributed by atoms with van der Waals surface area (Å²) in [5, 5.41) is 14.4. The molecule has 2 unspecified atom stereocenters. The van der Waals surface area contributed by atoms with Crippen LogP contribution in [0.2, 0.25) is 0 Å². The third-order valence-electron chi connectivity index (χ3n) is 4.15. The van der Waals surface area contributed by atoms with E-state index in [4.69, 9.17) is 0 Å². The van der Waals surface area contributed by atoms with E-state index in [1.54, 1.807) is 12.1 Å². The molecule has 0 spiro atoms. The van der Waals surface area contributed by atoms with Gasteiger partial charge in [-0.2, -0.15) is 0 Å². The number of hydrogen-bond donors (Lipinski definition) is 1. The van der Waals surface area contributed by atoms with Crippen LogP contribution in [0.25, 0.3) is 0 Å². The van der Waals surface area contributed by atoms with Crippen LogP contribution in [0.5, 0.6) is 0 Å². The lowest BCUT2D eigenvalue weighted by Gasteiger charge is -2.20. The Balaban J connectivity index is 1.69. The Morgan fingerprint density at radius 3 is 2.85 bits per heavy atom. The van der Waals surface area contributed by atoms with Crippen molar-refractivity contribution in [1.82, 2.24) is 4.90 Å². The molecule has 0 aromatic heterocycles. The number of hydrogen-bond acceptors (Lipinski definition) is 4. The van der Waals surface area contributed by atoms with Crippen molar-refractivity contribution >= 4 is 27.3 Å². The van der Waals surface area contributed by atoms with Crippen LogP contribution in [0, 0.1) is 10.1 Å². The summed E-state index contributed by atoms with van der Waals surface area (Å²) < 4.78 is 0.521. The highest BCUT2D eigenvalue weighted by Crippen LogP contribution is 2.35. The van der Waals surface area contributed by atoms with Gasteiger partial charge in [0.25, 0.3) is 5.69 Å². The first kappa shape index (κ1) is 13.8. The SMILES string of the molecule is CC1CC(Nc2ccc(Br)c([N+](=O)[O-])c2)CN1C1CC1. The standard InChI is InChI=1S/C14H18BrN3O2/c1-9-6-11(8-17(9)12-3-4-12)16-10-2-5-13(15)14(7-10)18(19)20/h2,5,7,9,11-12,16H,3-4,6,8H2,1H3. The predicted octanol–water partition coefficient (Wildman–Crippen LogP) is 3.39. The maximum absolute atomic E-state index is 11.0. The van der Waals surface area contributed by atoms with E-state index in [2.05, 4.69) is 33.1 Å². The summed E-state index contributed by atoms with van der Waals surface area (Å²) in [6, 6.07) is 6.99. The summed E-state index contributed by atoms with van der Waals surface area (Å²) in [5.74, 6) is 0. The minimum absolute atomic E-state index is 0.111. The van der Waals surface area contributed by atoms with E-state index >= 15 is 0 Å². The van der Waals surface area contributed by atoms with Crippen LogP contribution < -0.4 is 5.32 Å². The van der Waals surface area contributed by atoms with Gasteiger partial charge in [0.2, 0.25) is 0 Å². The zero-order valence-corrected chi connectivity index (χ0v) is 13.0. The highest BCUT2D eigenvalue weighted by Gasteiger charge is 2.38. The average Bonchev–Trinajstić information content (AvgIpc) is 3.16. The molecule has 0 radical (unpaired) electrons. The van der Waals surface area contributed by atoms with Gasteiger partial charge in [-0.3, -0.25) is 15.0 Å². The second kappa shape index (κ2) is 5.33. The quantitative estimate of drug-likeness (QED) is 0.674. The van der Waals surface area contributed by atoms with Gasteiger partial charge < -0.3 is 5.32 Å². The fourth-order valence-corrected chi connectivity index (χ4v) is 3.45. The van der Waals surface area contributed by atoms with Crippen LogP contribution in [-0.4, -0.2) is 34.5 Å². The molecule has 1 heterocycles. The molecule has 0 amide bonds. The van der Waals surface area contributed by atoms with Gasteiger partial charge in [-0.05, 0) is 54.2 Å². The number of halogens is 1. The number of nitro groups is 1. The van der Waals surface area contributed by atoms with Crippen molar-refractivity contribution in [3.05, 3.63) is 32.8 Å². The number of nitro benzene ring substituents is 1. The number of nitrogens with zero attached hydrogens (tertiary/aromatic N) is 2. The molecular formula is C14H18BrN3O2. The van der Waals surface area contributed by atoms with Gasteiger partial charge >= 0.3 is 0 Å². The lowest BCUT2D eigenvalue weighted by Crippen LogP contribution is -2.31. The van der Waals surface area contributed by atoms with Crippen molar-refractivity contribution in [2.24, 2.45) is 0 Å². The third kappa shape index (κ3) is 2.81. The van der Waals surface area contributed by atoms with Crippen LogP contribution in [0.3, 0.4) is 0 Å². The zero-order chi connectivity index (χ0) is 14.3. The van der Waals surface area contributed by atoms with Crippen LogP contribution in [-0.2, 0) is 0 Å². The van der Waals surface area contributed by atoms with E-state index in [-0.39, 0.29) is 10.6 Å². The second-order valence-electron chi connectivity index (χ2n) is 5.78. The van der Waals surface area contributed by atoms with Crippen molar-refractivity contribution in [3.8, 4) is 0 Å². The molecule has 20 heavy (non-hydrogen) atoms. The number of rotatable bonds is 4. The molecule has 1 saturated heterocycles. The van der Waals surface area contributed by atoms with Gasteiger partial charge in [0.15, 0.2) is 0 Å². The van der Waals surface area contributed by atoms with Crippen LogP contribution >= 0.6 is 15.9 Å². The van der Waals surface area contributed by atoms with Crippen LogP contribution in [0.1, 0.15) is 26.2 Å². The summed E-state index contributed by atoms with van der Waals surface area (Å²) in [6.45, 7) is 3.31. The Hall–Kier alpha value is -1.14. The summed E-state index contributed by atoms with van der Waals surface area (Å²) in [6.07, 6.45) is 3.74.